The van der Waals surface area contributed by atoms with E-state index in [0.717, 1.165) is 53.7 Å². The second-order valence-electron chi connectivity index (χ2n) is 9.49. The predicted octanol–water partition coefficient (Wildman–Crippen LogP) is 4.91. The molecule has 0 saturated heterocycles. The first kappa shape index (κ1) is 23.4. The van der Waals surface area contributed by atoms with Crippen molar-refractivity contribution in [1.82, 2.24) is 15.3 Å². The standard InChI is InChI=1S/C27H30ClN5O2/c1-33(2)25-22-5-3-4-6-23(22)31-27(32-25)30-21-10-7-17(8-11-21)15-29-26(34)19-13-18-14-20(28)9-12-24(18)35-16-19/h3-6,9,12-14,17,21H,7-8,10-11,15-16H2,1-2H3,(H,29,34)(H,30,31,32)/t17-,21+. The van der Waals surface area contributed by atoms with Gasteiger partial charge in [-0.1, -0.05) is 23.7 Å². The van der Waals surface area contributed by atoms with Gasteiger partial charge in [-0.05, 0) is 68.0 Å². The summed E-state index contributed by atoms with van der Waals surface area (Å²) >= 11 is 6.08. The van der Waals surface area contributed by atoms with Gasteiger partial charge in [-0.2, -0.15) is 4.98 Å². The zero-order valence-corrected chi connectivity index (χ0v) is 20.8. The highest BCUT2D eigenvalue weighted by atomic mass is 35.5. The second kappa shape index (κ2) is 10.1. The minimum Gasteiger partial charge on any atom is -0.488 e. The molecule has 2 aliphatic rings. The van der Waals surface area contributed by atoms with Crippen molar-refractivity contribution in [3.05, 3.63) is 58.6 Å². The molecule has 35 heavy (non-hydrogen) atoms. The van der Waals surface area contributed by atoms with E-state index in [1.165, 1.54) is 0 Å². The molecule has 2 aromatic carbocycles. The van der Waals surface area contributed by atoms with E-state index in [2.05, 4.69) is 16.7 Å². The van der Waals surface area contributed by atoms with Gasteiger partial charge in [0.05, 0.1) is 11.1 Å². The van der Waals surface area contributed by atoms with Gasteiger partial charge in [0.1, 0.15) is 18.2 Å². The fourth-order valence-electron chi connectivity index (χ4n) is 4.79. The number of benzene rings is 2. The van der Waals surface area contributed by atoms with Crippen molar-refractivity contribution in [3.8, 4) is 5.75 Å². The van der Waals surface area contributed by atoms with Crippen LogP contribution >= 0.6 is 11.6 Å². The van der Waals surface area contributed by atoms with Crippen LogP contribution in [0.5, 0.6) is 5.75 Å². The van der Waals surface area contributed by atoms with Crippen LogP contribution < -0.4 is 20.3 Å². The first-order valence-corrected chi connectivity index (χ1v) is 12.5. The molecule has 0 atom stereocenters. The number of amides is 1. The number of rotatable bonds is 6. The summed E-state index contributed by atoms with van der Waals surface area (Å²) in [6.07, 6.45) is 5.99. The molecule has 1 aliphatic heterocycles. The third kappa shape index (κ3) is 5.35. The van der Waals surface area contributed by atoms with Crippen LogP contribution in [0.25, 0.3) is 17.0 Å². The van der Waals surface area contributed by atoms with Crippen molar-refractivity contribution in [2.45, 2.75) is 31.7 Å². The minimum atomic E-state index is -0.0725. The molecule has 1 saturated carbocycles. The Morgan fingerprint density at radius 1 is 1.11 bits per heavy atom. The van der Waals surface area contributed by atoms with E-state index in [0.29, 0.717) is 35.0 Å². The molecular weight excluding hydrogens is 462 g/mol. The maximum Gasteiger partial charge on any atom is 0.250 e. The highest BCUT2D eigenvalue weighted by Crippen LogP contribution is 2.30. The topological polar surface area (TPSA) is 79.4 Å². The Balaban J connectivity index is 1.14. The van der Waals surface area contributed by atoms with Crippen molar-refractivity contribution in [3.63, 3.8) is 0 Å². The molecule has 0 spiro atoms. The molecule has 7 nitrogen and oxygen atoms in total. The Kier molecular flexibility index (Phi) is 6.77. The van der Waals surface area contributed by atoms with Gasteiger partial charge < -0.3 is 20.3 Å². The van der Waals surface area contributed by atoms with E-state index in [1.807, 2.05) is 55.4 Å². The summed E-state index contributed by atoms with van der Waals surface area (Å²) < 4.78 is 5.71. The molecule has 0 radical (unpaired) electrons. The van der Waals surface area contributed by atoms with Gasteiger partial charge in [0.2, 0.25) is 5.95 Å². The summed E-state index contributed by atoms with van der Waals surface area (Å²) in [7, 11) is 4.00. The van der Waals surface area contributed by atoms with Crippen LogP contribution in [0.2, 0.25) is 5.02 Å². The van der Waals surface area contributed by atoms with E-state index in [9.17, 15) is 4.79 Å². The summed E-state index contributed by atoms with van der Waals surface area (Å²) in [5, 5.41) is 8.32. The molecule has 0 bridgehead atoms. The van der Waals surface area contributed by atoms with E-state index >= 15 is 0 Å². The average molecular weight is 492 g/mol. The molecule has 8 heteroatoms. The van der Waals surface area contributed by atoms with Gasteiger partial charge in [-0.25, -0.2) is 4.98 Å². The number of nitrogens with zero attached hydrogens (tertiary/aromatic N) is 3. The first-order chi connectivity index (χ1) is 17.0. The van der Waals surface area contributed by atoms with Crippen molar-refractivity contribution in [2.24, 2.45) is 5.92 Å². The molecular formula is C27H30ClN5O2. The number of carbonyl (C=O) groups is 1. The number of halogens is 1. The molecule has 3 aromatic rings. The Morgan fingerprint density at radius 3 is 2.71 bits per heavy atom. The van der Waals surface area contributed by atoms with Gasteiger partial charge >= 0.3 is 0 Å². The average Bonchev–Trinajstić information content (AvgIpc) is 2.87. The summed E-state index contributed by atoms with van der Waals surface area (Å²) in [5.41, 5.74) is 2.41. The van der Waals surface area contributed by atoms with Crippen LogP contribution in [-0.2, 0) is 4.79 Å². The zero-order chi connectivity index (χ0) is 24.4. The first-order valence-electron chi connectivity index (χ1n) is 12.1. The van der Waals surface area contributed by atoms with Gasteiger partial charge in [0.15, 0.2) is 0 Å². The maximum atomic E-state index is 12.7. The number of hydrogen-bond acceptors (Lipinski definition) is 6. The van der Waals surface area contributed by atoms with Gasteiger partial charge in [-0.15, -0.1) is 0 Å². The highest BCUT2D eigenvalue weighted by Gasteiger charge is 2.24. The number of aromatic nitrogens is 2. The van der Waals surface area contributed by atoms with Crippen molar-refractivity contribution >= 4 is 46.3 Å². The van der Waals surface area contributed by atoms with Crippen LogP contribution in [0.4, 0.5) is 11.8 Å². The Labute approximate surface area is 210 Å². The lowest BCUT2D eigenvalue weighted by atomic mass is 9.86. The second-order valence-corrected chi connectivity index (χ2v) is 9.93. The Hall–Kier alpha value is -3.32. The third-order valence-corrected chi connectivity index (χ3v) is 6.95. The summed E-state index contributed by atoms with van der Waals surface area (Å²) in [5.74, 6) is 2.73. The van der Waals surface area contributed by atoms with Crippen molar-refractivity contribution < 1.29 is 9.53 Å². The highest BCUT2D eigenvalue weighted by molar-refractivity contribution is 6.30. The van der Waals surface area contributed by atoms with E-state index in [1.54, 1.807) is 6.07 Å². The van der Waals surface area contributed by atoms with Crippen LogP contribution in [0.1, 0.15) is 31.2 Å². The number of nitrogens with one attached hydrogen (secondary N) is 2. The van der Waals surface area contributed by atoms with Crippen LogP contribution in [0.3, 0.4) is 0 Å². The van der Waals surface area contributed by atoms with Crippen LogP contribution in [0, 0.1) is 5.92 Å². The van der Waals surface area contributed by atoms with Crippen LogP contribution in [-0.4, -0.2) is 49.2 Å². The lowest BCUT2D eigenvalue weighted by Crippen LogP contribution is -2.36. The number of para-hydroxylation sites is 1. The lowest BCUT2D eigenvalue weighted by Gasteiger charge is -2.29. The molecule has 1 aliphatic carbocycles. The number of fused-ring (bicyclic) bond motifs is 2. The van der Waals surface area contributed by atoms with Gasteiger partial charge in [0.25, 0.3) is 5.91 Å². The molecule has 2 heterocycles. The minimum absolute atomic E-state index is 0.0725. The monoisotopic (exact) mass is 491 g/mol. The molecule has 1 fully saturated rings. The normalized spacial score (nSPS) is 19.3. The fraction of sp³-hybridized carbons (Fsp3) is 0.370. The maximum absolute atomic E-state index is 12.7. The van der Waals surface area contributed by atoms with E-state index in [4.69, 9.17) is 26.3 Å². The quantitative estimate of drug-likeness (QED) is 0.510. The van der Waals surface area contributed by atoms with Crippen LogP contribution in [0.15, 0.2) is 48.0 Å². The number of carbonyl (C=O) groups excluding carboxylic acids is 1. The number of ether oxygens (including phenoxy) is 1. The number of anilines is 2. The SMILES string of the molecule is CN(C)c1nc(N[C@H]2CC[C@@H](CNC(=O)C3=Cc4cc(Cl)ccc4OC3)CC2)nc2ccccc12. The van der Waals surface area contributed by atoms with E-state index < -0.39 is 0 Å². The summed E-state index contributed by atoms with van der Waals surface area (Å²) in [4.78, 5) is 24.2. The zero-order valence-electron chi connectivity index (χ0n) is 20.1. The Morgan fingerprint density at radius 2 is 1.91 bits per heavy atom. The van der Waals surface area contributed by atoms with Crippen molar-refractivity contribution in [1.29, 1.82) is 0 Å². The summed E-state index contributed by atoms with van der Waals surface area (Å²) in [6.45, 7) is 0.945. The summed E-state index contributed by atoms with van der Waals surface area (Å²) in [6, 6.07) is 13.9. The molecule has 182 valence electrons. The number of hydrogen-bond donors (Lipinski definition) is 2. The lowest BCUT2D eigenvalue weighted by molar-refractivity contribution is -0.118. The van der Waals surface area contributed by atoms with Crippen molar-refractivity contribution in [2.75, 3.05) is 37.5 Å². The molecule has 1 aromatic heterocycles. The molecule has 0 unspecified atom stereocenters. The fourth-order valence-corrected chi connectivity index (χ4v) is 4.97. The third-order valence-electron chi connectivity index (χ3n) is 6.71. The van der Waals surface area contributed by atoms with Gasteiger partial charge in [0, 0.05) is 42.7 Å². The van der Waals surface area contributed by atoms with E-state index in [-0.39, 0.29) is 12.5 Å². The molecule has 2 N–H and O–H groups in total. The molecule has 1 amide bonds. The molecule has 5 rings (SSSR count). The predicted molar refractivity (Wildman–Crippen MR) is 141 cm³/mol. The van der Waals surface area contributed by atoms with Gasteiger partial charge in [-0.3, -0.25) is 4.79 Å². The Bertz CT molecular complexity index is 1270. The largest absolute Gasteiger partial charge is 0.488 e. The smallest absolute Gasteiger partial charge is 0.250 e.